The number of hydrogen-bond donors (Lipinski definition) is 1. The van der Waals surface area contributed by atoms with Crippen LogP contribution in [0.15, 0.2) is 24.3 Å². The minimum atomic E-state index is -2.48. The van der Waals surface area contributed by atoms with Crippen LogP contribution in [0.25, 0.3) is 0 Å². The normalized spacial score (nSPS) is 13.1. The molecule has 0 aliphatic rings. The summed E-state index contributed by atoms with van der Waals surface area (Å²) in [5.41, 5.74) is 0.330. The van der Waals surface area contributed by atoms with Gasteiger partial charge < -0.3 is 5.32 Å². The van der Waals surface area contributed by atoms with Gasteiger partial charge in [0.15, 0.2) is 0 Å². The van der Waals surface area contributed by atoms with Gasteiger partial charge in [0, 0.05) is 0 Å². The molecule has 1 rings (SSSR count). The van der Waals surface area contributed by atoms with E-state index in [9.17, 15) is 13.2 Å². The lowest BCUT2D eigenvalue weighted by molar-refractivity contribution is 0.0979. The molecule has 0 amide bonds. The second-order valence-corrected chi connectivity index (χ2v) is 3.69. The van der Waals surface area contributed by atoms with Gasteiger partial charge in [-0.25, -0.2) is 13.2 Å². The van der Waals surface area contributed by atoms with Gasteiger partial charge in [-0.2, -0.15) is 0 Å². The third-order valence-corrected chi connectivity index (χ3v) is 2.36. The van der Waals surface area contributed by atoms with E-state index in [2.05, 4.69) is 5.32 Å². The number of hydrogen-bond acceptors (Lipinski definition) is 1. The van der Waals surface area contributed by atoms with Gasteiger partial charge in [0.25, 0.3) is 6.43 Å². The van der Waals surface area contributed by atoms with Crippen LogP contribution in [-0.2, 0) is 6.42 Å². The van der Waals surface area contributed by atoms with Gasteiger partial charge in [0.1, 0.15) is 5.82 Å². The lowest BCUT2D eigenvalue weighted by Crippen LogP contribution is -2.38. The molecular formula is C12H16F3N. The summed E-state index contributed by atoms with van der Waals surface area (Å²) in [6.45, 7) is 2.42. The van der Waals surface area contributed by atoms with Crippen molar-refractivity contribution in [2.75, 3.05) is 6.54 Å². The maximum absolute atomic E-state index is 13.3. The molecule has 90 valence electrons. The zero-order chi connectivity index (χ0) is 12.0. The highest BCUT2D eigenvalue weighted by atomic mass is 19.3. The molecular weight excluding hydrogens is 215 g/mol. The van der Waals surface area contributed by atoms with Crippen LogP contribution in [0.5, 0.6) is 0 Å². The first kappa shape index (κ1) is 13.0. The molecule has 0 heterocycles. The van der Waals surface area contributed by atoms with Gasteiger partial charge in [-0.15, -0.1) is 0 Å². The van der Waals surface area contributed by atoms with E-state index < -0.39 is 18.3 Å². The van der Waals surface area contributed by atoms with E-state index in [-0.39, 0.29) is 6.42 Å². The molecule has 0 aromatic heterocycles. The average Bonchev–Trinajstić information content (AvgIpc) is 2.26. The Labute approximate surface area is 93.7 Å². The van der Waals surface area contributed by atoms with E-state index in [0.717, 1.165) is 6.42 Å². The molecule has 1 atom stereocenters. The Morgan fingerprint density at radius 2 is 1.94 bits per heavy atom. The van der Waals surface area contributed by atoms with Crippen molar-refractivity contribution in [2.45, 2.75) is 32.2 Å². The summed E-state index contributed by atoms with van der Waals surface area (Å²) >= 11 is 0. The number of halogens is 3. The lowest BCUT2D eigenvalue weighted by atomic mass is 10.1. The molecule has 0 saturated heterocycles. The summed E-state index contributed by atoms with van der Waals surface area (Å²) in [6, 6.07) is 5.06. The fourth-order valence-electron chi connectivity index (χ4n) is 1.48. The van der Waals surface area contributed by atoms with Gasteiger partial charge >= 0.3 is 0 Å². The first-order valence-corrected chi connectivity index (χ1v) is 5.40. The lowest BCUT2D eigenvalue weighted by Gasteiger charge is -2.17. The average molecular weight is 231 g/mol. The number of benzene rings is 1. The van der Waals surface area contributed by atoms with Gasteiger partial charge in [0.05, 0.1) is 6.04 Å². The smallest absolute Gasteiger partial charge is 0.254 e. The minimum absolute atomic E-state index is 0.0182. The minimum Gasteiger partial charge on any atom is -0.309 e. The topological polar surface area (TPSA) is 12.0 Å². The molecule has 0 bridgehead atoms. The maximum atomic E-state index is 13.3. The number of rotatable bonds is 6. The molecule has 4 heteroatoms. The maximum Gasteiger partial charge on any atom is 0.254 e. The SMILES string of the molecule is CCCNC(Cc1ccccc1F)C(F)F. The molecule has 0 saturated carbocycles. The van der Waals surface area contributed by atoms with Gasteiger partial charge in [0.2, 0.25) is 0 Å². The summed E-state index contributed by atoms with van der Waals surface area (Å²) < 4.78 is 38.6. The Morgan fingerprint density at radius 3 is 2.50 bits per heavy atom. The molecule has 0 radical (unpaired) electrons. The van der Waals surface area contributed by atoms with Crippen LogP contribution < -0.4 is 5.32 Å². The summed E-state index contributed by atoms with van der Waals surface area (Å²) in [5, 5.41) is 2.73. The predicted octanol–water partition coefficient (Wildman–Crippen LogP) is 3.00. The Balaban J connectivity index is 2.64. The van der Waals surface area contributed by atoms with E-state index in [1.807, 2.05) is 6.92 Å². The van der Waals surface area contributed by atoms with Crippen molar-refractivity contribution < 1.29 is 13.2 Å². The zero-order valence-corrected chi connectivity index (χ0v) is 9.22. The standard InChI is InChI=1S/C12H16F3N/c1-2-7-16-11(12(14)15)8-9-5-3-4-6-10(9)13/h3-6,11-12,16H,2,7-8H2,1H3. The highest BCUT2D eigenvalue weighted by molar-refractivity contribution is 5.18. The largest absolute Gasteiger partial charge is 0.309 e. The van der Waals surface area contributed by atoms with Crippen LogP contribution in [0.3, 0.4) is 0 Å². The molecule has 0 aliphatic carbocycles. The highest BCUT2D eigenvalue weighted by Gasteiger charge is 2.20. The van der Waals surface area contributed by atoms with Gasteiger partial charge in [-0.1, -0.05) is 25.1 Å². The molecule has 1 aromatic carbocycles. The summed E-state index contributed by atoms with van der Waals surface area (Å²) in [5.74, 6) is -0.425. The molecule has 16 heavy (non-hydrogen) atoms. The van der Waals surface area contributed by atoms with E-state index >= 15 is 0 Å². The Morgan fingerprint density at radius 1 is 1.25 bits per heavy atom. The van der Waals surface area contributed by atoms with Crippen LogP contribution in [-0.4, -0.2) is 19.0 Å². The van der Waals surface area contributed by atoms with Crippen molar-refractivity contribution in [1.82, 2.24) is 5.32 Å². The molecule has 0 spiro atoms. The molecule has 0 fully saturated rings. The third-order valence-electron chi connectivity index (χ3n) is 2.36. The molecule has 1 nitrogen and oxygen atoms in total. The fourth-order valence-corrected chi connectivity index (χ4v) is 1.48. The van der Waals surface area contributed by atoms with Crippen molar-refractivity contribution in [2.24, 2.45) is 0 Å². The highest BCUT2D eigenvalue weighted by Crippen LogP contribution is 2.13. The summed E-state index contributed by atoms with van der Waals surface area (Å²) in [7, 11) is 0. The monoisotopic (exact) mass is 231 g/mol. The van der Waals surface area contributed by atoms with Gasteiger partial charge in [-0.05, 0) is 31.0 Å². The predicted molar refractivity (Wildman–Crippen MR) is 58.2 cm³/mol. The van der Waals surface area contributed by atoms with E-state index in [1.54, 1.807) is 18.2 Å². The molecule has 1 unspecified atom stereocenters. The van der Waals surface area contributed by atoms with Crippen molar-refractivity contribution in [3.63, 3.8) is 0 Å². The molecule has 0 aliphatic heterocycles. The summed E-state index contributed by atoms with van der Waals surface area (Å²) in [6.07, 6.45) is -1.68. The van der Waals surface area contributed by atoms with E-state index in [0.29, 0.717) is 12.1 Å². The van der Waals surface area contributed by atoms with E-state index in [4.69, 9.17) is 0 Å². The summed E-state index contributed by atoms with van der Waals surface area (Å²) in [4.78, 5) is 0. The Kier molecular flexibility index (Phi) is 5.32. The zero-order valence-electron chi connectivity index (χ0n) is 9.22. The second kappa shape index (κ2) is 6.53. The number of alkyl halides is 2. The fraction of sp³-hybridized carbons (Fsp3) is 0.500. The number of nitrogens with one attached hydrogen (secondary N) is 1. The molecule has 1 N–H and O–H groups in total. The van der Waals surface area contributed by atoms with Crippen LogP contribution in [0.4, 0.5) is 13.2 Å². The Bertz CT molecular complexity index is 315. The Hall–Kier alpha value is -1.03. The van der Waals surface area contributed by atoms with Crippen molar-refractivity contribution in [3.05, 3.63) is 35.6 Å². The quantitative estimate of drug-likeness (QED) is 0.793. The molecule has 1 aromatic rings. The van der Waals surface area contributed by atoms with Crippen molar-refractivity contribution in [3.8, 4) is 0 Å². The van der Waals surface area contributed by atoms with Crippen LogP contribution in [0, 0.1) is 5.82 Å². The van der Waals surface area contributed by atoms with Crippen molar-refractivity contribution in [1.29, 1.82) is 0 Å². The first-order valence-electron chi connectivity index (χ1n) is 5.40. The van der Waals surface area contributed by atoms with Crippen molar-refractivity contribution >= 4 is 0 Å². The van der Waals surface area contributed by atoms with Crippen LogP contribution in [0.2, 0.25) is 0 Å². The first-order chi connectivity index (χ1) is 7.65. The van der Waals surface area contributed by atoms with Crippen LogP contribution in [0.1, 0.15) is 18.9 Å². The van der Waals surface area contributed by atoms with E-state index in [1.165, 1.54) is 6.07 Å². The second-order valence-electron chi connectivity index (χ2n) is 3.69. The third kappa shape index (κ3) is 3.85. The van der Waals surface area contributed by atoms with Crippen LogP contribution >= 0.6 is 0 Å². The van der Waals surface area contributed by atoms with Gasteiger partial charge in [-0.3, -0.25) is 0 Å².